The highest BCUT2D eigenvalue weighted by molar-refractivity contribution is 7.61. The largest absolute Gasteiger partial charge is 0.315 e. The van der Waals surface area contributed by atoms with Crippen molar-refractivity contribution < 1.29 is 4.57 Å². The van der Waals surface area contributed by atoms with Crippen LogP contribution in [0.15, 0.2) is 121 Å². The van der Waals surface area contributed by atoms with E-state index >= 15 is 0 Å². The van der Waals surface area contributed by atoms with Gasteiger partial charge in [0, 0.05) is 22.0 Å². The summed E-state index contributed by atoms with van der Waals surface area (Å²) < 4.78 is 14.4. The van der Waals surface area contributed by atoms with Gasteiger partial charge in [-0.1, -0.05) is 103 Å². The first-order valence-corrected chi connectivity index (χ1v) is 17.7. The summed E-state index contributed by atoms with van der Waals surface area (Å²) in [6.07, 6.45) is 8.94. The lowest BCUT2D eigenvalue weighted by Crippen LogP contribution is -2.25. The third-order valence-electron chi connectivity index (χ3n) is 10.3. The fourth-order valence-electron chi connectivity index (χ4n) is 8.10. The van der Waals surface area contributed by atoms with Crippen molar-refractivity contribution in [3.8, 4) is 55.8 Å². The lowest BCUT2D eigenvalue weighted by atomic mass is 10.0. The van der Waals surface area contributed by atoms with Crippen LogP contribution in [0.25, 0.3) is 80.1 Å². The molecule has 1 unspecified atom stereocenters. The monoisotopic (exact) mass is 628 g/mol. The minimum absolute atomic E-state index is 0.616. The molecule has 4 aliphatic carbocycles. The van der Waals surface area contributed by atoms with E-state index in [-0.39, 0.29) is 0 Å². The minimum Gasteiger partial charge on any atom is -0.315 e. The van der Waals surface area contributed by atoms with E-state index in [9.17, 15) is 4.57 Å². The number of benzene rings is 5. The Labute approximate surface area is 277 Å². The molecule has 3 nitrogen and oxygen atoms in total. The molecule has 1 atom stereocenters. The number of nitrogens with zero attached hydrogens (tertiary/aromatic N) is 2. The summed E-state index contributed by atoms with van der Waals surface area (Å²) >= 11 is 0. The topological polar surface area (TPSA) is 42.9 Å². The van der Waals surface area contributed by atoms with Crippen LogP contribution >= 0.6 is 7.80 Å². The van der Waals surface area contributed by atoms with Crippen molar-refractivity contribution in [2.75, 3.05) is 0 Å². The second kappa shape index (κ2) is 9.58. The molecule has 2 heterocycles. The summed E-state index contributed by atoms with van der Waals surface area (Å²) in [5, 5.41) is 5.68. The summed E-state index contributed by atoms with van der Waals surface area (Å²) in [6.45, 7) is 0. The van der Waals surface area contributed by atoms with E-state index in [2.05, 4.69) is 115 Å². The molecule has 0 saturated heterocycles. The van der Waals surface area contributed by atoms with E-state index in [0.717, 1.165) is 39.1 Å². The van der Waals surface area contributed by atoms with Crippen LogP contribution in [0.1, 0.15) is 22.5 Å². The minimum atomic E-state index is -2.43. The average molecular weight is 629 g/mol. The van der Waals surface area contributed by atoms with Crippen molar-refractivity contribution in [2.24, 2.45) is 0 Å². The van der Waals surface area contributed by atoms with Crippen LogP contribution in [0.5, 0.6) is 0 Å². The number of aromatic nitrogens is 2. The van der Waals surface area contributed by atoms with Gasteiger partial charge in [0.05, 0.1) is 17.1 Å². The molecule has 0 fully saturated rings. The van der Waals surface area contributed by atoms with E-state index in [1.807, 2.05) is 30.3 Å². The van der Waals surface area contributed by atoms with E-state index in [1.54, 1.807) is 0 Å². The molecule has 5 aromatic carbocycles. The Hall–Kier alpha value is -5.89. The molecule has 0 bridgehead atoms. The van der Waals surface area contributed by atoms with Crippen molar-refractivity contribution in [3.63, 3.8) is 0 Å². The van der Waals surface area contributed by atoms with Crippen LogP contribution < -0.4 is 31.6 Å². The molecule has 4 heteroatoms. The standard InChI is InChI=1S/C44H25N2OP/c47-48(44-20-18-34-32-16-14-30-28-10-4-2-8-26(28)22-37(30)39(32)24-42(34)46-44)43-12-6-5-11-35(43)40-19-17-33-31-15-13-29-27-9-3-1-7-25(27)21-36(29)38(31)23-41(33)45-40/h1-24,48H. The van der Waals surface area contributed by atoms with Gasteiger partial charge in [0.1, 0.15) is 13.2 Å². The lowest BCUT2D eigenvalue weighted by molar-refractivity contribution is 0.597. The first-order valence-electron chi connectivity index (χ1n) is 16.3. The van der Waals surface area contributed by atoms with Gasteiger partial charge in [0.2, 0.25) is 0 Å². The van der Waals surface area contributed by atoms with E-state index in [4.69, 9.17) is 9.97 Å². The maximum absolute atomic E-state index is 14.4. The van der Waals surface area contributed by atoms with Crippen LogP contribution in [-0.4, -0.2) is 9.97 Å². The highest BCUT2D eigenvalue weighted by atomic mass is 31.1. The van der Waals surface area contributed by atoms with Crippen LogP contribution in [0.2, 0.25) is 0 Å². The molecular formula is C44H25N2OP. The van der Waals surface area contributed by atoms with Crippen LogP contribution in [-0.2, 0) is 4.57 Å². The van der Waals surface area contributed by atoms with Crippen molar-refractivity contribution in [2.45, 2.75) is 0 Å². The Bertz CT molecular complexity index is 2920. The maximum Gasteiger partial charge on any atom is 0.150 e. The summed E-state index contributed by atoms with van der Waals surface area (Å²) in [7, 11) is -2.43. The second-order valence-corrected chi connectivity index (χ2v) is 14.6. The molecule has 2 aromatic heterocycles. The molecule has 0 radical (unpaired) electrons. The molecule has 0 N–H and O–H groups in total. The van der Waals surface area contributed by atoms with Crippen molar-refractivity contribution in [3.05, 3.63) is 165 Å². The second-order valence-electron chi connectivity index (χ2n) is 12.9. The average Bonchev–Trinajstić information content (AvgIpc) is 3.90. The van der Waals surface area contributed by atoms with Crippen LogP contribution in [0.4, 0.5) is 0 Å². The molecule has 4 aliphatic rings. The maximum atomic E-state index is 14.4. The van der Waals surface area contributed by atoms with Gasteiger partial charge in [0.25, 0.3) is 0 Å². The van der Waals surface area contributed by atoms with Gasteiger partial charge in [-0.3, -0.25) is 0 Å². The van der Waals surface area contributed by atoms with Gasteiger partial charge in [-0.05, 0) is 108 Å². The first kappa shape index (κ1) is 26.2. The summed E-state index contributed by atoms with van der Waals surface area (Å²) in [5.41, 5.74) is 16.3. The Kier molecular flexibility index (Phi) is 5.23. The van der Waals surface area contributed by atoms with E-state index in [1.165, 1.54) is 65.4 Å². The first-order chi connectivity index (χ1) is 23.7. The number of rotatable bonds is 3. The number of hydrogen-bond donors (Lipinski definition) is 0. The molecular weight excluding hydrogens is 603 g/mol. The van der Waals surface area contributed by atoms with Crippen LogP contribution in [0.3, 0.4) is 0 Å². The molecule has 11 rings (SSSR count). The zero-order valence-corrected chi connectivity index (χ0v) is 26.7. The highest BCUT2D eigenvalue weighted by Gasteiger charge is 2.24. The van der Waals surface area contributed by atoms with E-state index in [0.29, 0.717) is 5.44 Å². The van der Waals surface area contributed by atoms with Gasteiger partial charge in [-0.2, -0.15) is 0 Å². The predicted octanol–water partition coefficient (Wildman–Crippen LogP) is 5.89. The summed E-state index contributed by atoms with van der Waals surface area (Å²) in [6, 6.07) is 42.2. The van der Waals surface area contributed by atoms with Gasteiger partial charge < -0.3 is 4.57 Å². The van der Waals surface area contributed by atoms with Crippen molar-refractivity contribution >= 4 is 42.8 Å². The highest BCUT2D eigenvalue weighted by Crippen LogP contribution is 2.34. The number of pyridine rings is 2. The molecule has 0 amide bonds. The summed E-state index contributed by atoms with van der Waals surface area (Å²) in [4.78, 5) is 10.2. The lowest BCUT2D eigenvalue weighted by Gasteiger charge is -2.11. The Balaban J connectivity index is 0.979. The normalized spacial score (nSPS) is 13.7. The zero-order valence-electron chi connectivity index (χ0n) is 25.7. The predicted molar refractivity (Wildman–Crippen MR) is 197 cm³/mol. The molecule has 48 heavy (non-hydrogen) atoms. The van der Waals surface area contributed by atoms with Gasteiger partial charge in [-0.15, -0.1) is 0 Å². The molecule has 0 aliphatic heterocycles. The molecule has 7 aromatic rings. The fraction of sp³-hybridized carbons (Fsp3) is 0. The zero-order chi connectivity index (χ0) is 31.5. The fourth-order valence-corrected chi connectivity index (χ4v) is 9.54. The van der Waals surface area contributed by atoms with Gasteiger partial charge in [-0.25, -0.2) is 9.97 Å². The van der Waals surface area contributed by atoms with Gasteiger partial charge in [0.15, 0.2) is 0 Å². The van der Waals surface area contributed by atoms with Crippen molar-refractivity contribution in [1.82, 2.24) is 9.97 Å². The summed E-state index contributed by atoms with van der Waals surface area (Å²) in [5.74, 6) is 0. The molecule has 0 saturated carbocycles. The Morgan fingerprint density at radius 2 is 0.833 bits per heavy atom. The van der Waals surface area contributed by atoms with Crippen molar-refractivity contribution in [1.29, 1.82) is 0 Å². The molecule has 222 valence electrons. The Morgan fingerprint density at radius 1 is 0.375 bits per heavy atom. The number of fused-ring (bicyclic) bond motifs is 14. The molecule has 0 spiro atoms. The quantitative estimate of drug-likeness (QED) is 0.229. The smallest absolute Gasteiger partial charge is 0.150 e. The third kappa shape index (κ3) is 3.57. The Morgan fingerprint density at radius 3 is 1.46 bits per heavy atom. The number of hydrogen-bond acceptors (Lipinski definition) is 3. The SMILES string of the molecule is O=[PH](c1ccc2c(n1)C=c1c-2ccc2c1=Cc1ccccc1-2)c1ccccc1-c1ccc2c(n1)C=c1c-2ccc2c1=Cc1ccccc1-2. The van der Waals surface area contributed by atoms with Gasteiger partial charge >= 0.3 is 0 Å². The van der Waals surface area contributed by atoms with Crippen LogP contribution in [0, 0.1) is 0 Å². The van der Waals surface area contributed by atoms with E-state index < -0.39 is 7.80 Å². The third-order valence-corrected chi connectivity index (χ3v) is 12.0.